The first kappa shape index (κ1) is 16.4. The van der Waals surface area contributed by atoms with Gasteiger partial charge in [0.2, 0.25) is 0 Å². The molecule has 1 aliphatic heterocycles. The van der Waals surface area contributed by atoms with Crippen molar-refractivity contribution < 1.29 is 19.3 Å². The van der Waals surface area contributed by atoms with E-state index in [1.165, 1.54) is 6.07 Å². The zero-order valence-corrected chi connectivity index (χ0v) is 13.9. The molecule has 0 saturated heterocycles. The number of aromatic hydroxyl groups is 2. The molecule has 26 heavy (non-hydrogen) atoms. The molecule has 3 aromatic carbocycles. The number of fused-ring (bicyclic) bond motifs is 1. The Bertz CT molecular complexity index is 943. The van der Waals surface area contributed by atoms with Crippen LogP contribution in [0.2, 0.25) is 0 Å². The molecule has 0 aromatic heterocycles. The number of nitrogens with one attached hydrogen (secondary N) is 1. The molecule has 1 atom stereocenters. The van der Waals surface area contributed by atoms with Gasteiger partial charge in [-0.1, -0.05) is 24.3 Å². The highest BCUT2D eigenvalue weighted by Crippen LogP contribution is 2.37. The fourth-order valence-electron chi connectivity index (χ4n) is 3.27. The van der Waals surface area contributed by atoms with Crippen LogP contribution in [0.15, 0.2) is 60.7 Å². The van der Waals surface area contributed by atoms with Crippen LogP contribution in [0, 0.1) is 5.82 Å². The average molecular weight is 351 g/mol. The quantitative estimate of drug-likeness (QED) is 0.617. The van der Waals surface area contributed by atoms with E-state index in [2.05, 4.69) is 5.32 Å². The molecular formula is C21H18FNO3. The number of rotatable bonds is 3. The van der Waals surface area contributed by atoms with E-state index < -0.39 is 5.82 Å². The van der Waals surface area contributed by atoms with Crippen LogP contribution in [0.1, 0.15) is 22.7 Å². The topological polar surface area (TPSA) is 61.7 Å². The van der Waals surface area contributed by atoms with Crippen LogP contribution < -0.4 is 10.1 Å². The molecule has 3 N–H and O–H groups in total. The van der Waals surface area contributed by atoms with E-state index in [-0.39, 0.29) is 23.3 Å². The maximum atomic E-state index is 14.2. The largest absolute Gasteiger partial charge is 0.504 e. The first-order chi connectivity index (χ1) is 12.6. The van der Waals surface area contributed by atoms with Crippen molar-refractivity contribution in [2.24, 2.45) is 0 Å². The van der Waals surface area contributed by atoms with Crippen molar-refractivity contribution >= 4 is 0 Å². The highest BCUT2D eigenvalue weighted by atomic mass is 19.1. The van der Waals surface area contributed by atoms with Gasteiger partial charge in [0, 0.05) is 6.54 Å². The van der Waals surface area contributed by atoms with E-state index >= 15 is 0 Å². The molecule has 3 aromatic rings. The second kappa shape index (κ2) is 6.69. The molecule has 4 nitrogen and oxygen atoms in total. The minimum absolute atomic E-state index is 0.128. The summed E-state index contributed by atoms with van der Waals surface area (Å²) in [4.78, 5) is 0. The van der Waals surface area contributed by atoms with Crippen LogP contribution in [0.4, 0.5) is 4.39 Å². The summed E-state index contributed by atoms with van der Waals surface area (Å²) < 4.78 is 19.9. The normalized spacial score (nSPS) is 16.1. The number of benzene rings is 3. The molecule has 5 heteroatoms. The average Bonchev–Trinajstić information content (AvgIpc) is 2.65. The third-order valence-electron chi connectivity index (χ3n) is 4.55. The highest BCUT2D eigenvalue weighted by molar-refractivity contribution is 5.51. The lowest BCUT2D eigenvalue weighted by Gasteiger charge is -2.28. The van der Waals surface area contributed by atoms with Crippen LogP contribution in [0.5, 0.6) is 23.0 Å². The summed E-state index contributed by atoms with van der Waals surface area (Å²) in [6.07, 6.45) is 0.744. The second-order valence-corrected chi connectivity index (χ2v) is 6.28. The van der Waals surface area contributed by atoms with Crippen LogP contribution in [-0.2, 0) is 6.42 Å². The lowest BCUT2D eigenvalue weighted by Crippen LogP contribution is -2.30. The van der Waals surface area contributed by atoms with Crippen molar-refractivity contribution in [3.63, 3.8) is 0 Å². The van der Waals surface area contributed by atoms with Gasteiger partial charge < -0.3 is 20.3 Å². The number of phenolic OH excluding ortho intramolecular Hbond substituents is 2. The van der Waals surface area contributed by atoms with E-state index in [0.29, 0.717) is 12.3 Å². The number of ether oxygens (including phenoxy) is 1. The Morgan fingerprint density at radius 3 is 2.54 bits per heavy atom. The number of hydrogen-bond acceptors (Lipinski definition) is 4. The summed E-state index contributed by atoms with van der Waals surface area (Å²) in [5, 5.41) is 23.0. The molecule has 0 spiro atoms. The molecule has 132 valence electrons. The van der Waals surface area contributed by atoms with Gasteiger partial charge in [-0.15, -0.1) is 0 Å². The summed E-state index contributed by atoms with van der Waals surface area (Å²) in [7, 11) is 0. The molecule has 1 aliphatic rings. The van der Waals surface area contributed by atoms with E-state index in [1.807, 2.05) is 18.2 Å². The van der Waals surface area contributed by atoms with Gasteiger partial charge >= 0.3 is 0 Å². The molecule has 1 heterocycles. The molecule has 4 rings (SSSR count). The number of halogens is 1. The van der Waals surface area contributed by atoms with Crippen molar-refractivity contribution in [1.82, 2.24) is 5.32 Å². The van der Waals surface area contributed by atoms with Crippen molar-refractivity contribution in [3.8, 4) is 23.0 Å². The molecule has 0 saturated carbocycles. The summed E-state index contributed by atoms with van der Waals surface area (Å²) in [6.45, 7) is 0.716. The van der Waals surface area contributed by atoms with E-state index in [4.69, 9.17) is 4.74 Å². The van der Waals surface area contributed by atoms with Gasteiger partial charge in [0.05, 0.1) is 6.04 Å². The van der Waals surface area contributed by atoms with Gasteiger partial charge in [-0.3, -0.25) is 0 Å². The summed E-state index contributed by atoms with van der Waals surface area (Å²) >= 11 is 0. The van der Waals surface area contributed by atoms with Crippen molar-refractivity contribution in [1.29, 1.82) is 0 Å². The fourth-order valence-corrected chi connectivity index (χ4v) is 3.27. The van der Waals surface area contributed by atoms with Gasteiger partial charge in [0.1, 0.15) is 5.75 Å². The molecule has 0 unspecified atom stereocenters. The van der Waals surface area contributed by atoms with Crippen molar-refractivity contribution in [2.75, 3.05) is 6.54 Å². The third-order valence-corrected chi connectivity index (χ3v) is 4.55. The van der Waals surface area contributed by atoms with Crippen molar-refractivity contribution in [2.45, 2.75) is 12.5 Å². The maximum absolute atomic E-state index is 14.2. The van der Waals surface area contributed by atoms with Crippen LogP contribution in [0.3, 0.4) is 0 Å². The lowest BCUT2D eigenvalue weighted by atomic mass is 9.89. The van der Waals surface area contributed by atoms with E-state index in [9.17, 15) is 14.6 Å². The minimum atomic E-state index is -0.442. The van der Waals surface area contributed by atoms with Crippen molar-refractivity contribution in [3.05, 3.63) is 83.2 Å². The number of phenols is 2. The fraction of sp³-hybridized carbons (Fsp3) is 0.143. The second-order valence-electron chi connectivity index (χ2n) is 6.28. The smallest absolute Gasteiger partial charge is 0.165 e. The Morgan fingerprint density at radius 2 is 1.73 bits per heavy atom. The predicted octanol–water partition coefficient (Wildman–Crippen LogP) is 4.26. The molecule has 0 aliphatic carbocycles. The Morgan fingerprint density at radius 1 is 0.962 bits per heavy atom. The zero-order chi connectivity index (χ0) is 18.1. The van der Waals surface area contributed by atoms with E-state index in [1.54, 1.807) is 36.4 Å². The summed E-state index contributed by atoms with van der Waals surface area (Å²) in [5.74, 6) is -0.0344. The first-order valence-electron chi connectivity index (χ1n) is 8.42. The van der Waals surface area contributed by atoms with Crippen LogP contribution >= 0.6 is 0 Å². The highest BCUT2D eigenvalue weighted by Gasteiger charge is 2.24. The molecule has 0 amide bonds. The summed E-state index contributed by atoms with van der Waals surface area (Å²) in [6, 6.07) is 16.7. The molecule has 0 radical (unpaired) electrons. The van der Waals surface area contributed by atoms with Gasteiger partial charge in [0.25, 0.3) is 0 Å². The van der Waals surface area contributed by atoms with E-state index in [0.717, 1.165) is 23.1 Å². The van der Waals surface area contributed by atoms with Gasteiger partial charge in [-0.05, 0) is 59.5 Å². The predicted molar refractivity (Wildman–Crippen MR) is 96.2 cm³/mol. The minimum Gasteiger partial charge on any atom is -0.504 e. The number of hydrogen-bond donors (Lipinski definition) is 3. The standard InChI is InChI=1S/C21H18FNO3/c22-17-7-6-14(11-20(17)26-15-4-2-1-3-5-15)21-16-12-19(25)18(24)10-13(16)8-9-23-21/h1-7,10-12,21,23-25H,8-9H2/t21-/m1/s1. The Balaban J connectivity index is 1.71. The SMILES string of the molecule is Oc1cc2c(cc1O)[C@@H](c1ccc(F)c(Oc3ccccc3)c1)NCC2. The Kier molecular flexibility index (Phi) is 4.22. The zero-order valence-electron chi connectivity index (χ0n) is 13.9. The van der Waals surface area contributed by atoms with Crippen LogP contribution in [0.25, 0.3) is 0 Å². The Labute approximate surface area is 150 Å². The number of para-hydroxylation sites is 1. The molecule has 0 bridgehead atoms. The monoisotopic (exact) mass is 351 g/mol. The maximum Gasteiger partial charge on any atom is 0.165 e. The Hall–Kier alpha value is -3.05. The molecular weight excluding hydrogens is 333 g/mol. The summed E-state index contributed by atoms with van der Waals surface area (Å²) in [5.41, 5.74) is 2.64. The van der Waals surface area contributed by atoms with Gasteiger partial charge in [-0.2, -0.15) is 0 Å². The van der Waals surface area contributed by atoms with Crippen LogP contribution in [-0.4, -0.2) is 16.8 Å². The lowest BCUT2D eigenvalue weighted by molar-refractivity contribution is 0.400. The first-order valence-corrected chi connectivity index (χ1v) is 8.42. The molecule has 0 fully saturated rings. The van der Waals surface area contributed by atoms with Gasteiger partial charge in [0.15, 0.2) is 23.1 Å². The third kappa shape index (κ3) is 3.09. The van der Waals surface area contributed by atoms with Gasteiger partial charge in [-0.25, -0.2) is 4.39 Å².